The number of anilines is 1. The first-order chi connectivity index (χ1) is 11.0. The van der Waals surface area contributed by atoms with E-state index in [0.29, 0.717) is 11.3 Å². The van der Waals surface area contributed by atoms with E-state index in [1.54, 1.807) is 13.0 Å². The smallest absolute Gasteiger partial charge is 0.338 e. The summed E-state index contributed by atoms with van der Waals surface area (Å²) in [4.78, 5) is 34.7. The van der Waals surface area contributed by atoms with Gasteiger partial charge in [-0.2, -0.15) is 0 Å². The van der Waals surface area contributed by atoms with Gasteiger partial charge in [-0.25, -0.2) is 4.79 Å². The number of ether oxygens (including phenoxy) is 1. The van der Waals surface area contributed by atoms with Crippen LogP contribution in [0.25, 0.3) is 0 Å². The van der Waals surface area contributed by atoms with Gasteiger partial charge in [0.05, 0.1) is 18.1 Å². The van der Waals surface area contributed by atoms with Gasteiger partial charge < -0.3 is 20.0 Å². The highest BCUT2D eigenvalue weighted by Gasteiger charge is 2.12. The quantitative estimate of drug-likeness (QED) is 0.844. The van der Waals surface area contributed by atoms with E-state index in [2.05, 4.69) is 5.32 Å². The van der Waals surface area contributed by atoms with Crippen molar-refractivity contribution in [3.05, 3.63) is 65.2 Å². The van der Waals surface area contributed by atoms with Gasteiger partial charge in [-0.05, 0) is 37.3 Å². The largest absolute Gasteiger partial charge is 0.545 e. The Morgan fingerprint density at radius 3 is 2.17 bits per heavy atom. The molecule has 0 saturated heterocycles. The van der Waals surface area contributed by atoms with Gasteiger partial charge in [0.1, 0.15) is 0 Å². The maximum Gasteiger partial charge on any atom is 0.338 e. The zero-order valence-corrected chi connectivity index (χ0v) is 12.4. The molecular weight excluding hydrogens is 298 g/mol. The summed E-state index contributed by atoms with van der Waals surface area (Å²) in [7, 11) is 0. The molecule has 0 aliphatic heterocycles. The number of rotatable bonds is 5. The lowest BCUT2D eigenvalue weighted by Crippen LogP contribution is -2.26. The van der Waals surface area contributed by atoms with Crippen molar-refractivity contribution in [2.24, 2.45) is 0 Å². The minimum absolute atomic E-state index is 0.00182. The number of amides is 1. The molecule has 118 valence electrons. The lowest BCUT2D eigenvalue weighted by atomic mass is 10.1. The lowest BCUT2D eigenvalue weighted by molar-refractivity contribution is -0.255. The molecule has 6 heteroatoms. The van der Waals surface area contributed by atoms with E-state index < -0.39 is 17.8 Å². The van der Waals surface area contributed by atoms with E-state index in [-0.39, 0.29) is 17.7 Å². The van der Waals surface area contributed by atoms with E-state index in [1.165, 1.54) is 42.5 Å². The number of benzene rings is 2. The molecule has 6 nitrogen and oxygen atoms in total. The molecule has 23 heavy (non-hydrogen) atoms. The normalized spacial score (nSPS) is 9.96. The Labute approximate surface area is 132 Å². The van der Waals surface area contributed by atoms with E-state index in [4.69, 9.17) is 4.74 Å². The summed E-state index contributed by atoms with van der Waals surface area (Å²) in [6, 6.07) is 11.9. The van der Waals surface area contributed by atoms with E-state index >= 15 is 0 Å². The third-order valence-electron chi connectivity index (χ3n) is 3.05. The molecular formula is C17H14NO5-. The van der Waals surface area contributed by atoms with E-state index in [9.17, 15) is 19.5 Å². The number of hydrogen-bond acceptors (Lipinski definition) is 5. The number of hydrogen-bond donors (Lipinski definition) is 1. The molecule has 0 heterocycles. The second kappa shape index (κ2) is 7.22. The molecule has 1 amide bonds. The van der Waals surface area contributed by atoms with Crippen LogP contribution in [0.4, 0.5) is 5.69 Å². The third kappa shape index (κ3) is 3.94. The molecule has 0 unspecified atom stereocenters. The van der Waals surface area contributed by atoms with Crippen molar-refractivity contribution in [1.29, 1.82) is 0 Å². The standard InChI is InChI=1S/C17H15NO5/c1-2-23-17(22)11-7-9-12(10-8-11)18-15(19)13-5-3-4-6-14(13)16(20)21/h3-10H,2H2,1H3,(H,18,19)(H,20,21)/p-1. The molecule has 0 spiro atoms. The van der Waals surface area contributed by atoms with Crippen molar-refractivity contribution in [1.82, 2.24) is 0 Å². The number of carboxylic acid groups (broad SMARTS) is 1. The fourth-order valence-electron chi connectivity index (χ4n) is 1.96. The number of carbonyl (C=O) groups is 3. The minimum atomic E-state index is -1.42. The Hall–Kier alpha value is -3.15. The molecule has 0 aliphatic carbocycles. The number of aromatic carboxylic acids is 1. The van der Waals surface area contributed by atoms with Crippen molar-refractivity contribution in [3.8, 4) is 0 Å². The van der Waals surface area contributed by atoms with Gasteiger partial charge >= 0.3 is 5.97 Å². The Balaban J connectivity index is 2.15. The van der Waals surface area contributed by atoms with Crippen LogP contribution in [-0.2, 0) is 4.74 Å². The molecule has 2 rings (SSSR count). The van der Waals surface area contributed by atoms with Gasteiger partial charge in [-0.15, -0.1) is 0 Å². The van der Waals surface area contributed by atoms with E-state index in [1.807, 2.05) is 0 Å². The molecule has 0 saturated carbocycles. The van der Waals surface area contributed by atoms with Crippen molar-refractivity contribution < 1.29 is 24.2 Å². The van der Waals surface area contributed by atoms with Crippen molar-refractivity contribution in [3.63, 3.8) is 0 Å². The average molecular weight is 312 g/mol. The summed E-state index contributed by atoms with van der Waals surface area (Å²) in [5.41, 5.74) is 0.603. The summed E-state index contributed by atoms with van der Waals surface area (Å²) >= 11 is 0. The molecule has 2 aromatic rings. The Morgan fingerprint density at radius 1 is 1.00 bits per heavy atom. The van der Waals surface area contributed by atoms with Crippen molar-refractivity contribution >= 4 is 23.5 Å². The fourth-order valence-corrected chi connectivity index (χ4v) is 1.96. The number of esters is 1. The molecule has 0 bridgehead atoms. The van der Waals surface area contributed by atoms with Crippen LogP contribution in [0.5, 0.6) is 0 Å². The summed E-state index contributed by atoms with van der Waals surface area (Å²) in [5.74, 6) is -2.45. The van der Waals surface area contributed by atoms with Gasteiger partial charge in [0.15, 0.2) is 0 Å². The molecule has 0 fully saturated rings. The molecule has 0 radical (unpaired) electrons. The van der Waals surface area contributed by atoms with Gasteiger partial charge in [0, 0.05) is 16.8 Å². The fraction of sp³-hybridized carbons (Fsp3) is 0.118. The van der Waals surface area contributed by atoms with Gasteiger partial charge in [0.25, 0.3) is 5.91 Å². The van der Waals surface area contributed by atoms with Gasteiger partial charge in [-0.3, -0.25) is 4.79 Å². The topological polar surface area (TPSA) is 95.5 Å². The van der Waals surface area contributed by atoms with E-state index in [0.717, 1.165) is 0 Å². The summed E-state index contributed by atoms with van der Waals surface area (Å²) in [5, 5.41) is 13.6. The first kappa shape index (κ1) is 16.2. The molecule has 0 aromatic heterocycles. The lowest BCUT2D eigenvalue weighted by Gasteiger charge is -2.11. The monoisotopic (exact) mass is 312 g/mol. The highest BCUT2D eigenvalue weighted by molar-refractivity contribution is 6.10. The highest BCUT2D eigenvalue weighted by atomic mass is 16.5. The number of carboxylic acids is 1. The van der Waals surface area contributed by atoms with Crippen LogP contribution in [0.1, 0.15) is 38.0 Å². The van der Waals surface area contributed by atoms with Crippen molar-refractivity contribution in [2.75, 3.05) is 11.9 Å². The molecule has 2 aromatic carbocycles. The molecule has 0 aliphatic rings. The summed E-state index contributed by atoms with van der Waals surface area (Å²) < 4.78 is 4.86. The molecule has 1 N–H and O–H groups in total. The number of nitrogens with one attached hydrogen (secondary N) is 1. The van der Waals surface area contributed by atoms with Crippen LogP contribution in [0.15, 0.2) is 48.5 Å². The Morgan fingerprint density at radius 2 is 1.61 bits per heavy atom. The van der Waals surface area contributed by atoms with Crippen molar-refractivity contribution in [2.45, 2.75) is 6.92 Å². The van der Waals surface area contributed by atoms with Crippen LogP contribution < -0.4 is 10.4 Å². The summed E-state index contributed by atoms with van der Waals surface area (Å²) in [6.45, 7) is 1.98. The van der Waals surface area contributed by atoms with Gasteiger partial charge in [0.2, 0.25) is 0 Å². The SMILES string of the molecule is CCOC(=O)c1ccc(NC(=O)c2ccccc2C(=O)[O-])cc1. The van der Waals surface area contributed by atoms with Crippen LogP contribution in [-0.4, -0.2) is 24.5 Å². The van der Waals surface area contributed by atoms with Crippen LogP contribution in [0.2, 0.25) is 0 Å². The van der Waals surface area contributed by atoms with Crippen LogP contribution in [0.3, 0.4) is 0 Å². The second-order valence-electron chi connectivity index (χ2n) is 4.58. The summed E-state index contributed by atoms with van der Waals surface area (Å²) in [6.07, 6.45) is 0. The van der Waals surface area contributed by atoms with Crippen LogP contribution in [0, 0.1) is 0 Å². The molecule has 0 atom stereocenters. The van der Waals surface area contributed by atoms with Gasteiger partial charge in [-0.1, -0.05) is 18.2 Å². The average Bonchev–Trinajstić information content (AvgIpc) is 2.55. The number of carbonyl (C=O) groups excluding carboxylic acids is 3. The zero-order chi connectivity index (χ0) is 16.8. The maximum atomic E-state index is 12.2. The van der Waals surface area contributed by atoms with Crippen LogP contribution >= 0.6 is 0 Å². The third-order valence-corrected chi connectivity index (χ3v) is 3.05. The predicted octanol–water partition coefficient (Wildman–Crippen LogP) is 1.48. The first-order valence-electron chi connectivity index (χ1n) is 6.92. The first-order valence-corrected chi connectivity index (χ1v) is 6.92. The Kier molecular flexibility index (Phi) is 5.09. The second-order valence-corrected chi connectivity index (χ2v) is 4.58. The maximum absolute atomic E-state index is 12.2. The zero-order valence-electron chi connectivity index (χ0n) is 12.4. The Bertz CT molecular complexity index is 737. The highest BCUT2D eigenvalue weighted by Crippen LogP contribution is 2.14. The predicted molar refractivity (Wildman–Crippen MR) is 81.1 cm³/mol. The minimum Gasteiger partial charge on any atom is -0.545 e.